The second-order valence-electron chi connectivity index (χ2n) is 26.1. The van der Waals surface area contributed by atoms with Gasteiger partial charge in [-0.05, 0) is 117 Å². The maximum absolute atomic E-state index is 17.1. The molecule has 0 radical (unpaired) electrons. The van der Waals surface area contributed by atoms with Crippen molar-refractivity contribution in [3.8, 4) is 0 Å². The maximum atomic E-state index is 17.1. The number of aliphatic carboxylic acids is 9. The van der Waals surface area contributed by atoms with Gasteiger partial charge in [-0.1, -0.05) is 10.4 Å². The highest BCUT2D eigenvalue weighted by Gasteiger charge is 2.48. The number of amides is 8. The highest BCUT2D eigenvalue weighted by Crippen LogP contribution is 2.73. The molecule has 6 atom stereocenters. The summed E-state index contributed by atoms with van der Waals surface area (Å²) in [5.74, 6) is -17.6. The molecule has 4 unspecified atom stereocenters. The quantitative estimate of drug-likeness (QED) is 0.0356. The minimum Gasteiger partial charge on any atom is -0.481 e. The molecule has 0 spiro atoms. The van der Waals surface area contributed by atoms with Crippen LogP contribution >= 0.6 is 10.4 Å². The first kappa shape index (κ1) is 88.7. The van der Waals surface area contributed by atoms with Crippen LogP contribution in [-0.2, 0) is 67.1 Å². The third kappa shape index (κ3) is 33.0. The van der Waals surface area contributed by atoms with E-state index < -0.39 is 216 Å². The Morgan fingerprint density at radius 1 is 0.412 bits per heavy atom. The number of carboxylic acid groups (broad SMARTS) is 9. The molecule has 574 valence electrons. The van der Waals surface area contributed by atoms with Crippen molar-refractivity contribution in [1.82, 2.24) is 62.1 Å². The maximum Gasteiger partial charge on any atom is 0.326 e. The zero-order valence-corrected chi connectivity index (χ0v) is 58.8. The number of rotatable bonds is 43. The summed E-state index contributed by atoms with van der Waals surface area (Å²) < 4.78 is 15.5. The molecule has 0 aliphatic carbocycles. The lowest BCUT2D eigenvalue weighted by Crippen LogP contribution is -2.56. The minimum absolute atomic E-state index is 0.00245. The predicted octanol–water partition coefficient (Wildman–Crippen LogP) is -0.793. The van der Waals surface area contributed by atoms with Crippen LogP contribution in [0.15, 0.2) is 29.2 Å². The van der Waals surface area contributed by atoms with Crippen molar-refractivity contribution in [2.24, 2.45) is 0 Å². The number of unbranched alkanes of at least 4 members (excludes halogenated alkanes) is 1. The zero-order chi connectivity index (χ0) is 77.2. The van der Waals surface area contributed by atoms with Crippen LogP contribution in [0.4, 0.5) is 8.68 Å². The molecule has 1 aromatic rings. The van der Waals surface area contributed by atoms with Crippen LogP contribution in [0.25, 0.3) is 0 Å². The normalized spacial score (nSPS) is 15.8. The van der Waals surface area contributed by atoms with Crippen LogP contribution < -0.4 is 42.5 Å². The number of nitrogens with one attached hydrogen (secondary N) is 8. The fourth-order valence-corrected chi connectivity index (χ4v) is 14.7. The standard InChI is InChI=1S/C63H99FN12O25S/c1-62(2,3)102(64,63(4,5)6)39-14-12-38(13-15-39)54(89)67-34-44(69-49(80)20-18-45(60(99)100)76-32-30-74(36-52(85)86)28-26-73(35-51(83)84)27-29-75(31-33-76)37-53(87)88)55(90)70-41(57(93)94)10-7-8-24-65-46(77)21-22-47(78)66-25-9-11-40(56(91)92)68-48(79)19-16-42(58(95)96)71-61(101)72-43(59(97)98)17-23-50(81)82/h12-15,40-45H,7-11,16-37H2,1-6H3,(H,65,77)(H,66,78)(H,67,89)(H,68,79)(H,69,80)(H,70,90)(H,81,82)(H,83,84)(H,85,86)(H,87,88)(H,91,92)(H,93,94)(H,95,96)(H,97,98)(H,99,100)(H2,71,72,101)/t40?,41?,42-,43-,44?,45?/m0/s1. The van der Waals surface area contributed by atoms with Gasteiger partial charge in [-0.15, -0.1) is 0 Å². The summed E-state index contributed by atoms with van der Waals surface area (Å²) in [6.07, 6.45) is -4.26. The molecule has 1 aromatic carbocycles. The van der Waals surface area contributed by atoms with Gasteiger partial charge in [0.25, 0.3) is 5.91 Å². The molecule has 0 saturated carbocycles. The molecule has 1 saturated heterocycles. The van der Waals surface area contributed by atoms with Gasteiger partial charge in [-0.2, -0.15) is 3.89 Å². The number of urea groups is 1. The fraction of sp³-hybridized carbons (Fsp3) is 0.651. The van der Waals surface area contributed by atoms with E-state index in [2.05, 4.69) is 31.9 Å². The van der Waals surface area contributed by atoms with Crippen LogP contribution in [0, 0.1) is 0 Å². The summed E-state index contributed by atoms with van der Waals surface area (Å²) >= 11 is 0. The van der Waals surface area contributed by atoms with E-state index in [-0.39, 0.29) is 116 Å². The minimum atomic E-state index is -3.02. The Morgan fingerprint density at radius 3 is 1.21 bits per heavy atom. The van der Waals surface area contributed by atoms with Gasteiger partial charge < -0.3 is 88.5 Å². The number of nitrogens with zero attached hydrogens (tertiary/aromatic N) is 4. The summed E-state index contributed by atoms with van der Waals surface area (Å²) in [6.45, 7) is 8.28. The van der Waals surface area contributed by atoms with Crippen molar-refractivity contribution < 1.29 is 127 Å². The highest BCUT2D eigenvalue weighted by molar-refractivity contribution is 8.31. The Labute approximate surface area is 589 Å². The van der Waals surface area contributed by atoms with Crippen LogP contribution in [-0.4, -0.2) is 298 Å². The number of hydrogen-bond acceptors (Lipinski definition) is 20. The molecule has 37 nitrogen and oxygen atoms in total. The van der Waals surface area contributed by atoms with E-state index in [4.69, 9.17) is 5.11 Å². The number of halogens is 1. The fourth-order valence-electron chi connectivity index (χ4n) is 10.9. The van der Waals surface area contributed by atoms with Crippen molar-refractivity contribution in [2.75, 3.05) is 91.6 Å². The van der Waals surface area contributed by atoms with Crippen LogP contribution in [0.3, 0.4) is 0 Å². The van der Waals surface area contributed by atoms with E-state index in [0.29, 0.717) is 4.90 Å². The third-order valence-corrected chi connectivity index (χ3v) is 20.4. The van der Waals surface area contributed by atoms with Gasteiger partial charge in [0.2, 0.25) is 29.5 Å². The van der Waals surface area contributed by atoms with E-state index in [0.717, 1.165) is 0 Å². The third-order valence-electron chi connectivity index (χ3n) is 16.1. The molecular weight excluding hydrogens is 1380 g/mol. The number of carbonyl (C=O) groups is 16. The predicted molar refractivity (Wildman–Crippen MR) is 360 cm³/mol. The molecule has 17 N–H and O–H groups in total. The lowest BCUT2D eigenvalue weighted by molar-refractivity contribution is -0.145. The van der Waals surface area contributed by atoms with E-state index in [1.807, 2.05) is 10.6 Å². The van der Waals surface area contributed by atoms with Gasteiger partial charge in [0.1, 0.15) is 36.3 Å². The topological polar surface area (TPSA) is 564 Å². The SMILES string of the molecule is CC(C)(C)S(F)(c1ccc(C(=O)NCC(NC(=O)CCC(C(=O)O)N2CCN(CC(=O)O)CCN(CC(=O)O)CCN(CC(=O)O)CC2)C(=O)NC(CCCCNC(=O)CCC(=O)NCCCC(NC(=O)CC[C@H](NC(=O)N[C@@H](CCC(=O)O)C(=O)O)C(=O)O)C(=O)O)C(=O)O)cc1)C(C)(C)C. The summed E-state index contributed by atoms with van der Waals surface area (Å²) in [5.41, 5.74) is 0.0292. The van der Waals surface area contributed by atoms with Crippen molar-refractivity contribution in [2.45, 2.75) is 176 Å². The average Bonchev–Trinajstić information content (AvgIpc) is 0.748. The van der Waals surface area contributed by atoms with E-state index >= 15 is 3.89 Å². The molecule has 2 rings (SSSR count). The molecule has 1 fully saturated rings. The summed E-state index contributed by atoms with van der Waals surface area (Å²) in [7, 11) is -3.02. The second kappa shape index (κ2) is 43.5. The molecule has 0 bridgehead atoms. The van der Waals surface area contributed by atoms with Crippen molar-refractivity contribution in [3.05, 3.63) is 29.8 Å². The number of carboxylic acids is 9. The van der Waals surface area contributed by atoms with Crippen molar-refractivity contribution in [1.29, 1.82) is 0 Å². The zero-order valence-electron chi connectivity index (χ0n) is 58.0. The molecular formula is C63H99FN12O25S. The van der Waals surface area contributed by atoms with Crippen molar-refractivity contribution >= 4 is 106 Å². The lowest BCUT2D eigenvalue weighted by Gasteiger charge is -2.52. The number of hydrogen-bond donors (Lipinski definition) is 17. The monoisotopic (exact) mass is 1470 g/mol. The Balaban J connectivity index is 2.15. The molecule has 1 aliphatic rings. The summed E-state index contributed by atoms with van der Waals surface area (Å²) in [6, 6.07) is -5.27. The van der Waals surface area contributed by atoms with Gasteiger partial charge in [0.15, 0.2) is 0 Å². The van der Waals surface area contributed by atoms with Gasteiger partial charge in [-0.3, -0.25) is 72.3 Å². The van der Waals surface area contributed by atoms with Gasteiger partial charge in [0, 0.05) is 124 Å². The molecule has 1 heterocycles. The summed E-state index contributed by atoms with van der Waals surface area (Å²) in [5, 5.41) is 105. The first-order chi connectivity index (χ1) is 47.5. The second-order valence-corrected chi connectivity index (χ2v) is 30.1. The lowest BCUT2D eigenvalue weighted by atomic mass is 10.1. The van der Waals surface area contributed by atoms with Gasteiger partial charge in [0.05, 0.1) is 19.6 Å². The Hall–Kier alpha value is -9.34. The van der Waals surface area contributed by atoms with Gasteiger partial charge in [-0.25, -0.2) is 24.0 Å². The van der Waals surface area contributed by atoms with Gasteiger partial charge >= 0.3 is 59.8 Å². The number of benzene rings is 1. The molecule has 102 heavy (non-hydrogen) atoms. The van der Waals surface area contributed by atoms with Crippen LogP contribution in [0.2, 0.25) is 0 Å². The Morgan fingerprint density at radius 2 is 0.794 bits per heavy atom. The molecule has 8 amide bonds. The van der Waals surface area contributed by atoms with E-state index in [1.54, 1.807) is 41.5 Å². The smallest absolute Gasteiger partial charge is 0.326 e. The number of carbonyl (C=O) groups excluding carboxylic acids is 7. The summed E-state index contributed by atoms with van der Waals surface area (Å²) in [4.78, 5) is 205. The van der Waals surface area contributed by atoms with E-state index in [1.165, 1.54) is 43.9 Å². The Bertz CT molecular complexity index is 3050. The highest BCUT2D eigenvalue weighted by atomic mass is 32.3. The largest absolute Gasteiger partial charge is 0.481 e. The average molecular weight is 1480 g/mol. The first-order valence-electron chi connectivity index (χ1n) is 32.9. The van der Waals surface area contributed by atoms with E-state index in [9.17, 15) is 118 Å². The van der Waals surface area contributed by atoms with Crippen molar-refractivity contribution in [3.63, 3.8) is 0 Å². The molecule has 0 aromatic heterocycles. The first-order valence-corrected chi connectivity index (χ1v) is 34.4. The van der Waals surface area contributed by atoms with Crippen LogP contribution in [0.1, 0.15) is 135 Å². The molecule has 39 heteroatoms. The van der Waals surface area contributed by atoms with Crippen LogP contribution in [0.5, 0.6) is 0 Å². The Kier molecular flexibility index (Phi) is 37.8. The molecule has 1 aliphatic heterocycles.